The fourth-order valence-corrected chi connectivity index (χ4v) is 6.23. The highest BCUT2D eigenvalue weighted by Crippen LogP contribution is 2.44. The van der Waals surface area contributed by atoms with Gasteiger partial charge >= 0.3 is 0 Å². The van der Waals surface area contributed by atoms with Gasteiger partial charge < -0.3 is 19.7 Å². The second-order valence-electron chi connectivity index (χ2n) is 11.4. The Morgan fingerprint density at radius 3 is 2.46 bits per heavy atom. The van der Waals surface area contributed by atoms with Crippen molar-refractivity contribution in [1.82, 2.24) is 10.2 Å². The molecule has 3 atom stereocenters. The number of piperidine rings is 1. The molecular weight excluding hydrogens is 484 g/mol. The van der Waals surface area contributed by atoms with Crippen LogP contribution in [0.5, 0.6) is 5.75 Å². The van der Waals surface area contributed by atoms with E-state index in [9.17, 15) is 4.79 Å². The van der Waals surface area contributed by atoms with Crippen molar-refractivity contribution < 1.29 is 14.3 Å². The first-order chi connectivity index (χ1) is 19.1. The van der Waals surface area contributed by atoms with Crippen LogP contribution in [0.3, 0.4) is 0 Å². The van der Waals surface area contributed by atoms with Gasteiger partial charge in [0.1, 0.15) is 11.9 Å². The molecule has 0 aromatic heterocycles. The number of benzene rings is 3. The summed E-state index contributed by atoms with van der Waals surface area (Å²) in [7, 11) is 0. The average Bonchev–Trinajstić information content (AvgIpc) is 3.84. The Kier molecular flexibility index (Phi) is 7.71. The number of carbonyl (C=O) groups is 1. The van der Waals surface area contributed by atoms with Crippen molar-refractivity contribution >= 4 is 5.91 Å². The minimum absolute atomic E-state index is 0.119. The zero-order chi connectivity index (χ0) is 26.7. The first kappa shape index (κ1) is 26.1. The number of rotatable bonds is 9. The summed E-state index contributed by atoms with van der Waals surface area (Å²) in [5.41, 5.74) is 3.75. The van der Waals surface area contributed by atoms with Gasteiger partial charge in [0.15, 0.2) is 5.72 Å². The fraction of sp³-hybridized carbons (Fsp3) is 0.441. The van der Waals surface area contributed by atoms with Gasteiger partial charge in [-0.2, -0.15) is 0 Å². The highest BCUT2D eigenvalue weighted by molar-refractivity contribution is 5.82. The number of carbonyl (C=O) groups excluding carboxylic acids is 1. The van der Waals surface area contributed by atoms with Gasteiger partial charge in [-0.15, -0.1) is 0 Å². The van der Waals surface area contributed by atoms with E-state index in [-0.39, 0.29) is 17.9 Å². The maximum absolute atomic E-state index is 13.7. The van der Waals surface area contributed by atoms with Crippen LogP contribution in [-0.4, -0.2) is 36.0 Å². The lowest BCUT2D eigenvalue weighted by atomic mass is 9.84. The smallest absolute Gasteiger partial charge is 0.228 e. The van der Waals surface area contributed by atoms with E-state index in [0.29, 0.717) is 25.6 Å². The SMILES string of the molecule is CC(Oc1ccc(CC2(OCc3ccccc3)c3ccccc3CCN2C(=O)C2CC2)cc1)C1CCCCN1. The van der Waals surface area contributed by atoms with E-state index >= 15 is 0 Å². The third-order valence-corrected chi connectivity index (χ3v) is 8.60. The quantitative estimate of drug-likeness (QED) is 0.373. The summed E-state index contributed by atoms with van der Waals surface area (Å²) < 4.78 is 13.3. The summed E-state index contributed by atoms with van der Waals surface area (Å²) >= 11 is 0. The highest BCUT2D eigenvalue weighted by atomic mass is 16.5. The molecule has 1 N–H and O–H groups in total. The Hall–Kier alpha value is -3.15. The molecule has 1 amide bonds. The molecule has 5 nitrogen and oxygen atoms in total. The molecule has 0 spiro atoms. The third kappa shape index (κ3) is 5.75. The number of fused-ring (bicyclic) bond motifs is 1. The van der Waals surface area contributed by atoms with Crippen molar-refractivity contribution in [3.8, 4) is 5.75 Å². The van der Waals surface area contributed by atoms with Gasteiger partial charge in [0.25, 0.3) is 0 Å². The monoisotopic (exact) mass is 524 g/mol. The van der Waals surface area contributed by atoms with Crippen LogP contribution in [0, 0.1) is 5.92 Å². The molecule has 2 fully saturated rings. The lowest BCUT2D eigenvalue weighted by Crippen LogP contribution is -2.56. The predicted octanol–water partition coefficient (Wildman–Crippen LogP) is 6.00. The van der Waals surface area contributed by atoms with Crippen LogP contribution in [0.1, 0.15) is 61.3 Å². The maximum Gasteiger partial charge on any atom is 0.228 e. The lowest BCUT2D eigenvalue weighted by Gasteiger charge is -2.48. The first-order valence-electron chi connectivity index (χ1n) is 14.7. The Morgan fingerprint density at radius 2 is 1.72 bits per heavy atom. The van der Waals surface area contributed by atoms with Crippen LogP contribution in [0.4, 0.5) is 0 Å². The van der Waals surface area contributed by atoms with Crippen LogP contribution in [-0.2, 0) is 34.7 Å². The van der Waals surface area contributed by atoms with Gasteiger partial charge in [-0.1, -0.05) is 73.2 Å². The fourth-order valence-electron chi connectivity index (χ4n) is 6.23. The number of hydrogen-bond acceptors (Lipinski definition) is 4. The van der Waals surface area contributed by atoms with Gasteiger partial charge in [0.2, 0.25) is 5.91 Å². The first-order valence-corrected chi connectivity index (χ1v) is 14.7. The maximum atomic E-state index is 13.7. The normalized spacial score (nSPS) is 23.6. The topological polar surface area (TPSA) is 50.8 Å². The van der Waals surface area contributed by atoms with Gasteiger partial charge in [-0.25, -0.2) is 0 Å². The standard InChI is InChI=1S/C34H40N2O3/c1-25(32-13-7-8-21-35-32)39-30-18-14-26(15-19-30)23-34(38-24-27-9-3-2-4-10-27)31-12-6-5-11-28(31)20-22-36(34)33(37)29-16-17-29/h2-6,9-12,14-15,18-19,25,29,32,35H,7-8,13,16-17,20-24H2,1H3. The Bertz CT molecular complexity index is 1250. The Labute approximate surface area is 232 Å². The zero-order valence-electron chi connectivity index (χ0n) is 23.0. The molecule has 2 aliphatic heterocycles. The molecule has 3 aromatic rings. The van der Waals surface area contributed by atoms with E-state index in [1.807, 2.05) is 18.2 Å². The van der Waals surface area contributed by atoms with E-state index in [2.05, 4.69) is 77.8 Å². The summed E-state index contributed by atoms with van der Waals surface area (Å²) in [6.45, 7) is 4.34. The van der Waals surface area contributed by atoms with E-state index in [0.717, 1.165) is 54.7 Å². The molecule has 0 bridgehead atoms. The molecule has 3 aliphatic rings. The second-order valence-corrected chi connectivity index (χ2v) is 11.4. The second kappa shape index (κ2) is 11.5. The minimum Gasteiger partial charge on any atom is -0.489 e. The predicted molar refractivity (Wildman–Crippen MR) is 153 cm³/mol. The van der Waals surface area contributed by atoms with Crippen LogP contribution in [0.15, 0.2) is 78.9 Å². The molecule has 1 saturated heterocycles. The third-order valence-electron chi connectivity index (χ3n) is 8.60. The van der Waals surface area contributed by atoms with Crippen LogP contribution in [0.25, 0.3) is 0 Å². The van der Waals surface area contributed by atoms with Crippen LogP contribution >= 0.6 is 0 Å². The van der Waals surface area contributed by atoms with E-state index in [4.69, 9.17) is 9.47 Å². The van der Waals surface area contributed by atoms with Crippen molar-refractivity contribution in [1.29, 1.82) is 0 Å². The van der Waals surface area contributed by atoms with Crippen molar-refractivity contribution in [2.24, 2.45) is 5.92 Å². The molecular formula is C34H40N2O3. The largest absolute Gasteiger partial charge is 0.489 e. The number of nitrogens with zero attached hydrogens (tertiary/aromatic N) is 1. The van der Waals surface area contributed by atoms with Crippen molar-refractivity contribution in [3.05, 3.63) is 101 Å². The number of nitrogens with one attached hydrogen (secondary N) is 1. The van der Waals surface area contributed by atoms with Gasteiger partial charge in [0.05, 0.1) is 6.61 Å². The Balaban J connectivity index is 1.30. The number of hydrogen-bond donors (Lipinski definition) is 1. The van der Waals surface area contributed by atoms with Crippen molar-refractivity contribution in [2.75, 3.05) is 13.1 Å². The summed E-state index contributed by atoms with van der Waals surface area (Å²) in [5, 5.41) is 3.60. The van der Waals surface area contributed by atoms with Crippen molar-refractivity contribution in [2.45, 2.75) is 76.3 Å². The molecule has 0 radical (unpaired) electrons. The molecule has 204 valence electrons. The molecule has 3 unspecified atom stereocenters. The van der Waals surface area contributed by atoms with Crippen LogP contribution in [0.2, 0.25) is 0 Å². The summed E-state index contributed by atoms with van der Waals surface area (Å²) in [6, 6.07) is 27.6. The highest BCUT2D eigenvalue weighted by Gasteiger charge is 2.49. The van der Waals surface area contributed by atoms with Crippen LogP contribution < -0.4 is 10.1 Å². The lowest BCUT2D eigenvalue weighted by molar-refractivity contribution is -0.192. The molecule has 2 heterocycles. The molecule has 3 aromatic carbocycles. The zero-order valence-corrected chi connectivity index (χ0v) is 23.0. The van der Waals surface area contributed by atoms with E-state index in [1.54, 1.807) is 0 Å². The van der Waals surface area contributed by atoms with E-state index < -0.39 is 5.72 Å². The summed E-state index contributed by atoms with van der Waals surface area (Å²) in [4.78, 5) is 15.8. The summed E-state index contributed by atoms with van der Waals surface area (Å²) in [6.07, 6.45) is 7.18. The Morgan fingerprint density at radius 1 is 0.949 bits per heavy atom. The number of ether oxygens (including phenoxy) is 2. The average molecular weight is 525 g/mol. The van der Waals surface area contributed by atoms with Gasteiger partial charge in [-0.3, -0.25) is 4.79 Å². The summed E-state index contributed by atoms with van der Waals surface area (Å²) in [5.74, 6) is 1.24. The minimum atomic E-state index is -0.855. The number of amides is 1. The molecule has 1 saturated carbocycles. The van der Waals surface area contributed by atoms with Gasteiger partial charge in [-0.05, 0) is 74.4 Å². The van der Waals surface area contributed by atoms with Gasteiger partial charge in [0, 0.05) is 30.5 Å². The molecule has 5 heteroatoms. The van der Waals surface area contributed by atoms with Crippen molar-refractivity contribution in [3.63, 3.8) is 0 Å². The van der Waals surface area contributed by atoms with E-state index in [1.165, 1.54) is 18.4 Å². The molecule has 39 heavy (non-hydrogen) atoms. The molecule has 6 rings (SSSR count). The molecule has 1 aliphatic carbocycles.